The predicted molar refractivity (Wildman–Crippen MR) is 54.9 cm³/mol. The smallest absolute Gasteiger partial charge is 0.119 e. The van der Waals surface area contributed by atoms with Gasteiger partial charge in [0.05, 0.1) is 6.61 Å². The lowest BCUT2D eigenvalue weighted by atomic mass is 9.47. The molecule has 1 saturated carbocycles. The molecule has 3 unspecified atom stereocenters. The minimum atomic E-state index is -0.404. The van der Waals surface area contributed by atoms with Crippen LogP contribution in [0.15, 0.2) is 0 Å². The molecule has 0 aromatic carbocycles. The molecular formula is C12H21FO. The van der Waals surface area contributed by atoms with E-state index in [0.29, 0.717) is 17.8 Å². The number of fused-ring (bicyclic) bond motifs is 1. The summed E-state index contributed by atoms with van der Waals surface area (Å²) in [7, 11) is 0. The van der Waals surface area contributed by atoms with Crippen molar-refractivity contribution >= 4 is 0 Å². The first-order chi connectivity index (χ1) is 6.48. The predicted octanol–water partition coefficient (Wildman–Crippen LogP) is 3.04. The summed E-state index contributed by atoms with van der Waals surface area (Å²) in [5.74, 6) is 1.57. The Balaban J connectivity index is 2.26. The maximum Gasteiger partial charge on any atom is 0.119 e. The van der Waals surface area contributed by atoms with E-state index in [1.54, 1.807) is 0 Å². The second-order valence-electron chi connectivity index (χ2n) is 5.77. The first-order valence-electron chi connectivity index (χ1n) is 5.68. The molecular weight excluding hydrogens is 179 g/mol. The Morgan fingerprint density at radius 2 is 2.00 bits per heavy atom. The van der Waals surface area contributed by atoms with E-state index >= 15 is 0 Å². The molecule has 82 valence electrons. The third-order valence-electron chi connectivity index (χ3n) is 4.49. The summed E-state index contributed by atoms with van der Waals surface area (Å²) in [4.78, 5) is 0. The number of rotatable bonds is 3. The molecule has 0 spiro atoms. The van der Waals surface area contributed by atoms with Gasteiger partial charge >= 0.3 is 0 Å². The standard InChI is InChI=1S/C12H21FO/c1-8(2)10-11(9(3)4)5-12(10,6-13)14-7-11/h8-10H,5-7H2,1-4H3. The highest BCUT2D eigenvalue weighted by Gasteiger charge is 2.71. The average Bonchev–Trinajstić information content (AvgIpc) is 2.56. The zero-order chi connectivity index (χ0) is 10.6. The van der Waals surface area contributed by atoms with E-state index in [4.69, 9.17) is 4.74 Å². The van der Waals surface area contributed by atoms with Crippen LogP contribution in [0.3, 0.4) is 0 Å². The van der Waals surface area contributed by atoms with Crippen LogP contribution in [0, 0.1) is 23.2 Å². The number of halogens is 1. The Bertz CT molecular complexity index is 238. The quantitative estimate of drug-likeness (QED) is 0.680. The minimum Gasteiger partial charge on any atom is -0.371 e. The van der Waals surface area contributed by atoms with E-state index in [1.807, 2.05) is 0 Å². The van der Waals surface area contributed by atoms with Gasteiger partial charge in [0.2, 0.25) is 0 Å². The number of alkyl halides is 1. The lowest BCUT2D eigenvalue weighted by Gasteiger charge is -2.56. The fourth-order valence-electron chi connectivity index (χ4n) is 3.90. The van der Waals surface area contributed by atoms with Crippen LogP contribution in [-0.4, -0.2) is 18.9 Å². The highest BCUT2D eigenvalue weighted by molar-refractivity contribution is 5.18. The monoisotopic (exact) mass is 200 g/mol. The largest absolute Gasteiger partial charge is 0.371 e. The third-order valence-corrected chi connectivity index (χ3v) is 4.49. The fourth-order valence-corrected chi connectivity index (χ4v) is 3.90. The lowest BCUT2D eigenvalue weighted by Crippen LogP contribution is -2.60. The fraction of sp³-hybridized carbons (Fsp3) is 1.00. The van der Waals surface area contributed by atoms with Crippen LogP contribution in [0.5, 0.6) is 0 Å². The van der Waals surface area contributed by atoms with E-state index < -0.39 is 5.60 Å². The molecule has 3 aliphatic rings. The van der Waals surface area contributed by atoms with Gasteiger partial charge in [-0.05, 0) is 18.3 Å². The number of ether oxygens (including phenoxy) is 1. The summed E-state index contributed by atoms with van der Waals surface area (Å²) in [5, 5.41) is 0. The second kappa shape index (κ2) is 2.94. The number of hydrogen-bond donors (Lipinski definition) is 0. The van der Waals surface area contributed by atoms with Crippen molar-refractivity contribution in [3.8, 4) is 0 Å². The van der Waals surface area contributed by atoms with Crippen LogP contribution in [-0.2, 0) is 4.74 Å². The van der Waals surface area contributed by atoms with Crippen molar-refractivity contribution in [1.82, 2.24) is 0 Å². The van der Waals surface area contributed by atoms with Crippen molar-refractivity contribution in [2.45, 2.75) is 39.7 Å². The Morgan fingerprint density at radius 3 is 2.43 bits per heavy atom. The molecule has 2 heteroatoms. The van der Waals surface area contributed by atoms with E-state index in [-0.39, 0.29) is 12.1 Å². The molecule has 3 rings (SSSR count). The van der Waals surface area contributed by atoms with E-state index in [1.165, 1.54) is 0 Å². The van der Waals surface area contributed by atoms with Crippen molar-refractivity contribution in [2.24, 2.45) is 23.2 Å². The van der Waals surface area contributed by atoms with Crippen LogP contribution in [0.25, 0.3) is 0 Å². The molecule has 1 aliphatic carbocycles. The normalized spacial score (nSPS) is 46.1. The lowest BCUT2D eigenvalue weighted by molar-refractivity contribution is -0.130. The molecule has 2 bridgehead atoms. The van der Waals surface area contributed by atoms with Gasteiger partial charge in [-0.1, -0.05) is 27.7 Å². The highest BCUT2D eigenvalue weighted by Crippen LogP contribution is 2.67. The van der Waals surface area contributed by atoms with Gasteiger partial charge in [-0.3, -0.25) is 0 Å². The van der Waals surface area contributed by atoms with Crippen LogP contribution in [0.4, 0.5) is 4.39 Å². The van der Waals surface area contributed by atoms with Gasteiger partial charge in [-0.15, -0.1) is 0 Å². The molecule has 2 saturated heterocycles. The first kappa shape index (κ1) is 10.4. The third kappa shape index (κ3) is 0.982. The zero-order valence-corrected chi connectivity index (χ0v) is 9.64. The van der Waals surface area contributed by atoms with E-state index in [9.17, 15) is 4.39 Å². The molecule has 0 aromatic heterocycles. The summed E-state index contributed by atoms with van der Waals surface area (Å²) in [6.45, 7) is 9.35. The maximum absolute atomic E-state index is 13.0. The maximum atomic E-state index is 13.0. The van der Waals surface area contributed by atoms with Crippen LogP contribution < -0.4 is 0 Å². The Kier molecular flexibility index (Phi) is 2.19. The van der Waals surface area contributed by atoms with Gasteiger partial charge in [-0.2, -0.15) is 0 Å². The molecule has 0 N–H and O–H groups in total. The summed E-state index contributed by atoms with van der Waals surface area (Å²) in [6.07, 6.45) is 0.941. The minimum absolute atomic E-state index is 0.278. The molecule has 1 nitrogen and oxygen atoms in total. The average molecular weight is 200 g/mol. The molecule has 0 amide bonds. The van der Waals surface area contributed by atoms with Crippen LogP contribution in [0.1, 0.15) is 34.1 Å². The van der Waals surface area contributed by atoms with Gasteiger partial charge in [0.1, 0.15) is 12.3 Å². The highest BCUT2D eigenvalue weighted by atomic mass is 19.1. The van der Waals surface area contributed by atoms with Crippen molar-refractivity contribution in [3.63, 3.8) is 0 Å². The molecule has 3 atom stereocenters. The second-order valence-corrected chi connectivity index (χ2v) is 5.77. The van der Waals surface area contributed by atoms with Gasteiger partial charge < -0.3 is 4.74 Å². The van der Waals surface area contributed by atoms with Gasteiger partial charge in [-0.25, -0.2) is 4.39 Å². The van der Waals surface area contributed by atoms with Crippen LogP contribution in [0.2, 0.25) is 0 Å². The Morgan fingerprint density at radius 1 is 1.36 bits per heavy atom. The molecule has 2 aliphatic heterocycles. The molecule has 2 heterocycles. The summed E-state index contributed by atoms with van der Waals surface area (Å²) < 4.78 is 18.8. The summed E-state index contributed by atoms with van der Waals surface area (Å²) in [5.41, 5.74) is -0.126. The van der Waals surface area contributed by atoms with Gasteiger partial charge in [0, 0.05) is 11.3 Å². The Hall–Kier alpha value is -0.110. The first-order valence-corrected chi connectivity index (χ1v) is 5.68. The van der Waals surface area contributed by atoms with Crippen molar-refractivity contribution < 1.29 is 9.13 Å². The van der Waals surface area contributed by atoms with Gasteiger partial charge in [0.25, 0.3) is 0 Å². The summed E-state index contributed by atoms with van der Waals surface area (Å²) >= 11 is 0. The molecule has 0 radical (unpaired) electrons. The zero-order valence-electron chi connectivity index (χ0n) is 9.64. The van der Waals surface area contributed by atoms with Crippen molar-refractivity contribution in [3.05, 3.63) is 0 Å². The van der Waals surface area contributed by atoms with E-state index in [0.717, 1.165) is 13.0 Å². The molecule has 0 aromatic rings. The van der Waals surface area contributed by atoms with Crippen LogP contribution >= 0.6 is 0 Å². The SMILES string of the molecule is CC(C)C1C2(CF)CC1(C(C)C)CO2. The number of hydrogen-bond acceptors (Lipinski definition) is 1. The molecule has 14 heavy (non-hydrogen) atoms. The van der Waals surface area contributed by atoms with Crippen molar-refractivity contribution in [1.29, 1.82) is 0 Å². The topological polar surface area (TPSA) is 9.23 Å². The van der Waals surface area contributed by atoms with Gasteiger partial charge in [0.15, 0.2) is 0 Å². The summed E-state index contributed by atoms with van der Waals surface area (Å²) in [6, 6.07) is 0. The molecule has 3 fully saturated rings. The Labute approximate surface area is 86.0 Å². The van der Waals surface area contributed by atoms with Crippen molar-refractivity contribution in [2.75, 3.05) is 13.3 Å². The van der Waals surface area contributed by atoms with E-state index in [2.05, 4.69) is 27.7 Å².